The summed E-state index contributed by atoms with van der Waals surface area (Å²) >= 11 is 10.1. The SMILES string of the molecule is Fc1c(Nc2ccc(I)cc2Cl)ccc2c1CSC2. The smallest absolute Gasteiger partial charge is 0.150 e. The molecule has 1 heterocycles. The predicted molar refractivity (Wildman–Crippen MR) is 88.9 cm³/mol. The molecule has 5 heteroatoms. The fourth-order valence-electron chi connectivity index (χ4n) is 2.05. The van der Waals surface area contributed by atoms with E-state index in [4.69, 9.17) is 11.6 Å². The van der Waals surface area contributed by atoms with E-state index in [1.165, 1.54) is 0 Å². The summed E-state index contributed by atoms with van der Waals surface area (Å²) in [6, 6.07) is 9.43. The Morgan fingerprint density at radius 3 is 2.74 bits per heavy atom. The van der Waals surface area contributed by atoms with E-state index < -0.39 is 0 Å². The van der Waals surface area contributed by atoms with Crippen LogP contribution in [0.4, 0.5) is 15.8 Å². The van der Waals surface area contributed by atoms with Crippen LogP contribution >= 0.6 is 46.0 Å². The highest BCUT2D eigenvalue weighted by atomic mass is 127. The summed E-state index contributed by atoms with van der Waals surface area (Å²) < 4.78 is 15.4. The average Bonchev–Trinajstić information content (AvgIpc) is 2.85. The number of anilines is 2. The topological polar surface area (TPSA) is 12.0 Å². The molecule has 0 amide bonds. The summed E-state index contributed by atoms with van der Waals surface area (Å²) in [5.41, 5.74) is 3.13. The van der Waals surface area contributed by atoms with Crippen molar-refractivity contribution in [3.63, 3.8) is 0 Å². The van der Waals surface area contributed by atoms with Crippen LogP contribution in [0.2, 0.25) is 5.02 Å². The monoisotopic (exact) mass is 405 g/mol. The van der Waals surface area contributed by atoms with E-state index >= 15 is 0 Å². The van der Waals surface area contributed by atoms with Crippen LogP contribution in [0.25, 0.3) is 0 Å². The van der Waals surface area contributed by atoms with Crippen LogP contribution in [-0.2, 0) is 11.5 Å². The van der Waals surface area contributed by atoms with Crippen molar-refractivity contribution in [2.75, 3.05) is 5.32 Å². The predicted octanol–water partition coefficient (Wildman–Crippen LogP) is 5.57. The molecule has 0 atom stereocenters. The maximum atomic E-state index is 14.3. The first kappa shape index (κ1) is 13.5. The fourth-order valence-corrected chi connectivity index (χ4v) is 4.06. The molecule has 0 saturated heterocycles. The van der Waals surface area contributed by atoms with Gasteiger partial charge in [-0.05, 0) is 52.4 Å². The van der Waals surface area contributed by atoms with E-state index in [0.717, 1.165) is 31.9 Å². The number of benzene rings is 2. The summed E-state index contributed by atoms with van der Waals surface area (Å²) in [4.78, 5) is 0. The number of fused-ring (bicyclic) bond motifs is 1. The first-order valence-electron chi connectivity index (χ1n) is 5.75. The fraction of sp³-hybridized carbons (Fsp3) is 0.143. The van der Waals surface area contributed by atoms with E-state index in [0.29, 0.717) is 10.7 Å². The second-order valence-electron chi connectivity index (χ2n) is 4.31. The maximum Gasteiger partial charge on any atom is 0.150 e. The van der Waals surface area contributed by atoms with Gasteiger partial charge in [-0.15, -0.1) is 0 Å². The molecule has 2 aromatic carbocycles. The van der Waals surface area contributed by atoms with E-state index in [1.807, 2.05) is 24.3 Å². The Bertz CT molecular complexity index is 648. The van der Waals surface area contributed by atoms with E-state index in [2.05, 4.69) is 27.9 Å². The lowest BCUT2D eigenvalue weighted by Crippen LogP contribution is -1.98. The van der Waals surface area contributed by atoms with Crippen molar-refractivity contribution in [1.82, 2.24) is 0 Å². The number of rotatable bonds is 2. The van der Waals surface area contributed by atoms with Crippen molar-refractivity contribution < 1.29 is 4.39 Å². The molecule has 19 heavy (non-hydrogen) atoms. The molecule has 1 N–H and O–H groups in total. The Morgan fingerprint density at radius 1 is 1.16 bits per heavy atom. The molecule has 3 rings (SSSR count). The lowest BCUT2D eigenvalue weighted by molar-refractivity contribution is 0.621. The number of thioether (sulfide) groups is 1. The normalized spacial score (nSPS) is 13.4. The van der Waals surface area contributed by atoms with Crippen molar-refractivity contribution >= 4 is 57.3 Å². The Morgan fingerprint density at radius 2 is 1.95 bits per heavy atom. The molecule has 0 aliphatic carbocycles. The van der Waals surface area contributed by atoms with Crippen LogP contribution in [0.1, 0.15) is 11.1 Å². The summed E-state index contributed by atoms with van der Waals surface area (Å²) in [7, 11) is 0. The van der Waals surface area contributed by atoms with Gasteiger partial charge < -0.3 is 5.32 Å². The van der Waals surface area contributed by atoms with Gasteiger partial charge in [0.25, 0.3) is 0 Å². The van der Waals surface area contributed by atoms with Crippen LogP contribution in [-0.4, -0.2) is 0 Å². The van der Waals surface area contributed by atoms with Crippen molar-refractivity contribution in [1.29, 1.82) is 0 Å². The second-order valence-corrected chi connectivity index (χ2v) is 6.95. The molecule has 1 aliphatic heterocycles. The maximum absolute atomic E-state index is 14.3. The van der Waals surface area contributed by atoms with E-state index in [-0.39, 0.29) is 5.82 Å². The highest BCUT2D eigenvalue weighted by molar-refractivity contribution is 14.1. The summed E-state index contributed by atoms with van der Waals surface area (Å²) in [6.45, 7) is 0. The molecule has 0 aromatic heterocycles. The van der Waals surface area contributed by atoms with Crippen LogP contribution in [0.3, 0.4) is 0 Å². The van der Waals surface area contributed by atoms with Crippen LogP contribution in [0, 0.1) is 9.39 Å². The molecule has 2 aromatic rings. The molecule has 0 fully saturated rings. The molecule has 0 bridgehead atoms. The van der Waals surface area contributed by atoms with Gasteiger partial charge in [-0.3, -0.25) is 0 Å². The van der Waals surface area contributed by atoms with Crippen LogP contribution in [0.5, 0.6) is 0 Å². The molecular formula is C14H10ClFINS. The van der Waals surface area contributed by atoms with Gasteiger partial charge in [0.15, 0.2) is 5.82 Å². The minimum absolute atomic E-state index is 0.155. The third-order valence-corrected chi connectivity index (χ3v) is 5.04. The van der Waals surface area contributed by atoms with Gasteiger partial charge in [0.2, 0.25) is 0 Å². The zero-order valence-corrected chi connectivity index (χ0v) is 13.6. The molecule has 1 aliphatic rings. The Kier molecular flexibility index (Phi) is 3.91. The molecular weight excluding hydrogens is 396 g/mol. The molecule has 98 valence electrons. The quantitative estimate of drug-likeness (QED) is 0.655. The van der Waals surface area contributed by atoms with Gasteiger partial charge in [0.05, 0.1) is 16.4 Å². The highest BCUT2D eigenvalue weighted by Gasteiger charge is 2.18. The van der Waals surface area contributed by atoms with Gasteiger partial charge in [0, 0.05) is 20.6 Å². The second kappa shape index (κ2) is 5.50. The lowest BCUT2D eigenvalue weighted by Gasteiger charge is -2.12. The first-order valence-corrected chi connectivity index (χ1v) is 8.36. The first-order chi connectivity index (χ1) is 9.15. The molecule has 0 saturated carbocycles. The standard InChI is InChI=1S/C14H10ClFINS/c15-11-5-9(17)2-4-12(11)18-13-3-1-8-6-19-7-10(8)14(13)16/h1-5,18H,6-7H2. The molecule has 0 spiro atoms. The van der Waals surface area contributed by atoms with Gasteiger partial charge in [-0.1, -0.05) is 17.7 Å². The molecule has 0 radical (unpaired) electrons. The summed E-state index contributed by atoms with van der Waals surface area (Å²) in [5.74, 6) is 1.49. The largest absolute Gasteiger partial charge is 0.352 e. The van der Waals surface area contributed by atoms with Gasteiger partial charge >= 0.3 is 0 Å². The lowest BCUT2D eigenvalue weighted by atomic mass is 10.1. The zero-order chi connectivity index (χ0) is 13.4. The van der Waals surface area contributed by atoms with Gasteiger partial charge in [-0.25, -0.2) is 4.39 Å². The Labute approximate surface area is 134 Å². The Hall–Kier alpha value is -0.460. The van der Waals surface area contributed by atoms with Gasteiger partial charge in [-0.2, -0.15) is 11.8 Å². The van der Waals surface area contributed by atoms with E-state index in [1.54, 1.807) is 17.8 Å². The minimum Gasteiger partial charge on any atom is -0.352 e. The van der Waals surface area contributed by atoms with Crippen molar-refractivity contribution in [2.24, 2.45) is 0 Å². The number of nitrogens with one attached hydrogen (secondary N) is 1. The highest BCUT2D eigenvalue weighted by Crippen LogP contribution is 2.36. The molecule has 1 nitrogen and oxygen atoms in total. The van der Waals surface area contributed by atoms with Crippen molar-refractivity contribution in [3.05, 3.63) is 55.9 Å². The number of halogens is 3. The summed E-state index contributed by atoms with van der Waals surface area (Å²) in [6.07, 6.45) is 0. The van der Waals surface area contributed by atoms with Crippen molar-refractivity contribution in [3.8, 4) is 0 Å². The van der Waals surface area contributed by atoms with E-state index in [9.17, 15) is 4.39 Å². The summed E-state index contributed by atoms with van der Waals surface area (Å²) in [5, 5.41) is 3.68. The van der Waals surface area contributed by atoms with Gasteiger partial charge in [0.1, 0.15) is 0 Å². The average molecular weight is 406 g/mol. The minimum atomic E-state index is -0.155. The third kappa shape index (κ3) is 2.71. The van der Waals surface area contributed by atoms with Crippen LogP contribution < -0.4 is 5.32 Å². The number of hydrogen-bond donors (Lipinski definition) is 1. The third-order valence-electron chi connectivity index (χ3n) is 3.04. The van der Waals surface area contributed by atoms with Crippen molar-refractivity contribution in [2.45, 2.75) is 11.5 Å². The molecule has 0 unspecified atom stereocenters. The number of hydrogen-bond acceptors (Lipinski definition) is 2. The Balaban J connectivity index is 1.96. The van der Waals surface area contributed by atoms with Crippen LogP contribution in [0.15, 0.2) is 30.3 Å². The zero-order valence-electron chi connectivity index (χ0n) is 9.84.